The maximum Gasteiger partial charge on any atom is 0.216 e. The van der Waals surface area contributed by atoms with Crippen molar-refractivity contribution in [3.05, 3.63) is 114 Å². The molecule has 0 atom stereocenters. The zero-order valence-corrected chi connectivity index (χ0v) is 30.5. The molecule has 0 radical (unpaired) electrons. The van der Waals surface area contributed by atoms with Crippen LogP contribution in [0.2, 0.25) is 18.6 Å². The molecule has 0 bridgehead atoms. The maximum atomic E-state index is 8.02. The molecule has 2 aromatic heterocycles. The van der Waals surface area contributed by atoms with Crippen molar-refractivity contribution in [2.75, 3.05) is 0 Å². The van der Waals surface area contributed by atoms with Crippen LogP contribution in [0, 0.1) is 24.3 Å². The summed E-state index contributed by atoms with van der Waals surface area (Å²) in [7, 11) is 0.365. The monoisotopic (exact) mass is 635 g/mol. The highest BCUT2D eigenvalue weighted by molar-refractivity contribution is 6.91. The number of aromatic nitrogens is 1. The largest absolute Gasteiger partial charge is 0.456 e. The van der Waals surface area contributed by atoms with Crippen molar-refractivity contribution in [2.45, 2.75) is 67.1 Å². The summed E-state index contributed by atoms with van der Waals surface area (Å²) in [5.74, 6) is 0. The maximum absolute atomic E-state index is 8.02. The summed E-state index contributed by atoms with van der Waals surface area (Å²) in [4.78, 5) is 3.93. The van der Waals surface area contributed by atoms with Crippen LogP contribution in [0.15, 0.2) is 102 Å². The molecule has 0 spiro atoms. The summed E-state index contributed by atoms with van der Waals surface area (Å²) in [6.45, 7) is 27.0. The molecule has 0 N–H and O–H groups in total. The van der Waals surface area contributed by atoms with Gasteiger partial charge < -0.3 is 4.42 Å². The molecule has 4 heteroatoms. The third-order valence-electron chi connectivity index (χ3n) is 9.36. The van der Waals surface area contributed by atoms with E-state index in [4.69, 9.17) is 11.0 Å². The van der Waals surface area contributed by atoms with E-state index in [0.29, 0.717) is 16.5 Å². The standard InChI is InChI=1S/C43H47N2OSi/c1-29-14-23-34-35-24-25-36(44-8)39(41(35)46-40(34)38(29)37-13-11-12-26-45(37)9)32-17-15-30(16-18-32)31-19-21-33(22-20-31)47(10,27-42(2,3)4)28-43(5,6)7/h11-26H,27-28H2,1-7,9-10H3/q+1. The minimum Gasteiger partial charge on any atom is -0.456 e. The Bertz CT molecular complexity index is 2120. The first-order chi connectivity index (χ1) is 22.2. The van der Waals surface area contributed by atoms with Gasteiger partial charge in [0.2, 0.25) is 5.69 Å². The third kappa shape index (κ3) is 6.42. The summed E-state index contributed by atoms with van der Waals surface area (Å²) in [6.07, 6.45) is 2.06. The molecule has 0 aliphatic heterocycles. The Morgan fingerprint density at radius 1 is 0.681 bits per heavy atom. The van der Waals surface area contributed by atoms with Crippen molar-refractivity contribution in [1.82, 2.24) is 0 Å². The summed E-state index contributed by atoms with van der Waals surface area (Å²) >= 11 is 0. The summed E-state index contributed by atoms with van der Waals surface area (Å²) < 4.78 is 8.91. The van der Waals surface area contributed by atoms with Gasteiger partial charge in [-0.05, 0) is 58.2 Å². The highest BCUT2D eigenvalue weighted by Crippen LogP contribution is 2.44. The Morgan fingerprint density at radius 2 is 1.21 bits per heavy atom. The predicted molar refractivity (Wildman–Crippen MR) is 202 cm³/mol. The topological polar surface area (TPSA) is 21.4 Å². The Kier molecular flexibility index (Phi) is 8.27. The second-order valence-electron chi connectivity index (χ2n) is 16.1. The average molecular weight is 636 g/mol. The van der Waals surface area contributed by atoms with Crippen molar-refractivity contribution in [2.24, 2.45) is 17.9 Å². The van der Waals surface area contributed by atoms with Crippen LogP contribution < -0.4 is 9.75 Å². The molecule has 4 aromatic carbocycles. The number of fused-ring (bicyclic) bond motifs is 3. The second-order valence-corrected chi connectivity index (χ2v) is 20.5. The lowest BCUT2D eigenvalue weighted by atomic mass is 9.96. The fourth-order valence-electron chi connectivity index (χ4n) is 7.97. The van der Waals surface area contributed by atoms with Crippen LogP contribution in [-0.2, 0) is 7.05 Å². The predicted octanol–water partition coefficient (Wildman–Crippen LogP) is 11.6. The highest BCUT2D eigenvalue weighted by Gasteiger charge is 2.37. The molecule has 238 valence electrons. The van der Waals surface area contributed by atoms with Crippen molar-refractivity contribution in [1.29, 1.82) is 0 Å². The zero-order valence-electron chi connectivity index (χ0n) is 29.5. The van der Waals surface area contributed by atoms with E-state index in [0.717, 1.165) is 49.9 Å². The number of aryl methyl sites for hydroxylation is 2. The molecule has 0 aliphatic carbocycles. The van der Waals surface area contributed by atoms with Crippen LogP contribution >= 0.6 is 0 Å². The summed E-state index contributed by atoms with van der Waals surface area (Å²) in [5.41, 5.74) is 10.4. The van der Waals surface area contributed by atoms with Gasteiger partial charge in [-0.25, -0.2) is 9.41 Å². The van der Waals surface area contributed by atoms with Gasteiger partial charge in [-0.2, -0.15) is 0 Å². The molecule has 6 rings (SSSR count). The summed E-state index contributed by atoms with van der Waals surface area (Å²) in [6, 6.07) is 35.1. The molecule has 0 unspecified atom stereocenters. The van der Waals surface area contributed by atoms with Gasteiger partial charge >= 0.3 is 0 Å². The summed E-state index contributed by atoms with van der Waals surface area (Å²) in [5, 5.41) is 3.63. The van der Waals surface area contributed by atoms with E-state index in [2.05, 4.69) is 150 Å². The van der Waals surface area contributed by atoms with Crippen LogP contribution in [-0.4, -0.2) is 8.07 Å². The van der Waals surface area contributed by atoms with Crippen LogP contribution in [0.4, 0.5) is 5.69 Å². The quantitative estimate of drug-likeness (QED) is 0.101. The van der Waals surface area contributed by atoms with Crippen LogP contribution in [0.25, 0.3) is 60.3 Å². The van der Waals surface area contributed by atoms with Gasteiger partial charge in [0.25, 0.3) is 0 Å². The molecule has 0 amide bonds. The Hall–Kier alpha value is -4.46. The molecular formula is C43H47N2OSi+. The first-order valence-corrected chi connectivity index (χ1v) is 19.6. The van der Waals surface area contributed by atoms with Gasteiger partial charge in [0.15, 0.2) is 11.9 Å². The smallest absolute Gasteiger partial charge is 0.216 e. The van der Waals surface area contributed by atoms with Crippen LogP contribution in [0.1, 0.15) is 47.1 Å². The Morgan fingerprint density at radius 3 is 1.77 bits per heavy atom. The zero-order chi connectivity index (χ0) is 33.7. The SMILES string of the molecule is [C-]#[N+]c1ccc2c(oc3c(-c4cccc[n+]4C)c(C)ccc32)c1-c1ccc(-c2ccc([Si](C)(CC(C)(C)C)CC(C)(C)C)cc2)cc1. The highest BCUT2D eigenvalue weighted by atomic mass is 28.3. The molecule has 0 fully saturated rings. The number of hydrogen-bond donors (Lipinski definition) is 0. The minimum absolute atomic E-state index is 0.299. The molecular weight excluding hydrogens is 589 g/mol. The van der Waals surface area contributed by atoms with E-state index in [1.807, 2.05) is 18.2 Å². The van der Waals surface area contributed by atoms with Crippen LogP contribution in [0.5, 0.6) is 0 Å². The molecule has 0 saturated carbocycles. The van der Waals surface area contributed by atoms with E-state index in [1.54, 1.807) is 5.19 Å². The third-order valence-corrected chi connectivity index (χ3v) is 14.8. The Labute approximate surface area is 281 Å². The minimum atomic E-state index is -1.70. The lowest BCUT2D eigenvalue weighted by Crippen LogP contribution is -2.49. The van der Waals surface area contributed by atoms with Gasteiger partial charge in [-0.1, -0.05) is 126 Å². The van der Waals surface area contributed by atoms with E-state index in [-0.39, 0.29) is 0 Å². The first kappa shape index (κ1) is 32.5. The van der Waals surface area contributed by atoms with E-state index in [1.165, 1.54) is 23.2 Å². The van der Waals surface area contributed by atoms with Gasteiger partial charge in [0, 0.05) is 28.5 Å². The second kappa shape index (κ2) is 12.0. The number of furan rings is 1. The van der Waals surface area contributed by atoms with Gasteiger partial charge in [-0.15, -0.1) is 0 Å². The molecule has 0 saturated heterocycles. The normalized spacial score (nSPS) is 12.5. The molecule has 3 nitrogen and oxygen atoms in total. The van der Waals surface area contributed by atoms with Gasteiger partial charge in [0.1, 0.15) is 18.2 Å². The van der Waals surface area contributed by atoms with Gasteiger partial charge in [0.05, 0.1) is 20.2 Å². The number of nitrogens with zero attached hydrogens (tertiary/aromatic N) is 2. The van der Waals surface area contributed by atoms with Crippen molar-refractivity contribution in [3.63, 3.8) is 0 Å². The molecule has 47 heavy (non-hydrogen) atoms. The van der Waals surface area contributed by atoms with E-state index < -0.39 is 8.07 Å². The average Bonchev–Trinajstić information content (AvgIpc) is 3.38. The lowest BCUT2D eigenvalue weighted by Gasteiger charge is -2.39. The van der Waals surface area contributed by atoms with Crippen molar-refractivity contribution in [3.8, 4) is 33.5 Å². The number of benzene rings is 4. The molecule has 2 heterocycles. The molecule has 0 aliphatic rings. The Balaban J connectivity index is 1.41. The fraction of sp³-hybridized carbons (Fsp3) is 0.302. The van der Waals surface area contributed by atoms with E-state index >= 15 is 0 Å². The van der Waals surface area contributed by atoms with Crippen LogP contribution in [0.3, 0.4) is 0 Å². The van der Waals surface area contributed by atoms with Crippen molar-refractivity contribution >= 4 is 40.9 Å². The lowest BCUT2D eigenvalue weighted by molar-refractivity contribution is -0.660. The number of rotatable bonds is 6. The van der Waals surface area contributed by atoms with E-state index in [9.17, 15) is 0 Å². The fourth-order valence-corrected chi connectivity index (χ4v) is 14.2. The number of pyridine rings is 1. The first-order valence-electron chi connectivity index (χ1n) is 16.7. The number of hydrogen-bond acceptors (Lipinski definition) is 1. The van der Waals surface area contributed by atoms with Crippen molar-refractivity contribution < 1.29 is 8.98 Å². The van der Waals surface area contributed by atoms with Gasteiger partial charge in [-0.3, -0.25) is 0 Å². The molecule has 6 aromatic rings.